The van der Waals surface area contributed by atoms with Gasteiger partial charge in [0, 0.05) is 18.3 Å². The van der Waals surface area contributed by atoms with Crippen LogP contribution in [0.4, 0.5) is 0 Å². The van der Waals surface area contributed by atoms with Gasteiger partial charge in [-0.2, -0.15) is 0 Å². The summed E-state index contributed by atoms with van der Waals surface area (Å²) in [4.78, 5) is 17.2. The van der Waals surface area contributed by atoms with Crippen molar-refractivity contribution in [3.05, 3.63) is 24.3 Å². The molecule has 108 valence electrons. The number of carbonyl (C=O) groups excluding carboxylic acids is 1. The van der Waals surface area contributed by atoms with Gasteiger partial charge in [0.2, 0.25) is 5.91 Å². The molecule has 1 saturated heterocycles. The third kappa shape index (κ3) is 2.14. The molecular weight excluding hydrogens is 268 g/mol. The third-order valence-corrected chi connectivity index (χ3v) is 6.36. The second-order valence-corrected chi connectivity index (χ2v) is 7.21. The Hall–Kier alpha value is -1.03. The third-order valence-electron chi connectivity index (χ3n) is 4.71. The van der Waals surface area contributed by atoms with E-state index in [2.05, 4.69) is 48.5 Å². The monoisotopic (exact) mass is 290 g/mol. The number of allylic oxidation sites excluding steroid dienone is 3. The normalized spacial score (nSPS) is 36.0. The van der Waals surface area contributed by atoms with Crippen LogP contribution in [0.1, 0.15) is 26.7 Å². The largest absolute Gasteiger partial charge is 0.353 e. The molecule has 0 aromatic carbocycles. The van der Waals surface area contributed by atoms with E-state index in [4.69, 9.17) is 0 Å². The van der Waals surface area contributed by atoms with Gasteiger partial charge in [0.25, 0.3) is 0 Å². The number of hydrogen-bond acceptors (Lipinski definition) is 3. The van der Waals surface area contributed by atoms with E-state index in [1.807, 2.05) is 11.8 Å². The first-order valence-corrected chi connectivity index (χ1v) is 8.51. The van der Waals surface area contributed by atoms with Crippen LogP contribution in [0.25, 0.3) is 0 Å². The first-order valence-electron chi connectivity index (χ1n) is 7.52. The number of rotatable bonds is 3. The molecule has 4 unspecified atom stereocenters. The molecule has 2 heterocycles. The fourth-order valence-corrected chi connectivity index (χ4v) is 5.16. The minimum Gasteiger partial charge on any atom is -0.353 e. The van der Waals surface area contributed by atoms with Gasteiger partial charge in [-0.25, -0.2) is 0 Å². The Morgan fingerprint density at radius 1 is 1.60 bits per heavy atom. The van der Waals surface area contributed by atoms with Crippen molar-refractivity contribution in [2.24, 2.45) is 16.8 Å². The number of nitrogens with zero attached hydrogens (tertiary/aromatic N) is 1. The Morgan fingerprint density at radius 3 is 3.25 bits per heavy atom. The van der Waals surface area contributed by atoms with Crippen molar-refractivity contribution >= 4 is 23.4 Å². The van der Waals surface area contributed by atoms with Gasteiger partial charge in [-0.1, -0.05) is 25.2 Å². The molecule has 4 heteroatoms. The van der Waals surface area contributed by atoms with E-state index in [-0.39, 0.29) is 22.6 Å². The Labute approximate surface area is 125 Å². The summed E-state index contributed by atoms with van der Waals surface area (Å²) in [5.41, 5.74) is 1.17. The fraction of sp³-hybridized carbons (Fsp3) is 0.625. The number of thioether (sulfide) groups is 1. The van der Waals surface area contributed by atoms with E-state index < -0.39 is 0 Å². The summed E-state index contributed by atoms with van der Waals surface area (Å²) >= 11 is 1.90. The fourth-order valence-electron chi connectivity index (χ4n) is 3.37. The summed E-state index contributed by atoms with van der Waals surface area (Å²) in [7, 11) is 0. The molecule has 3 rings (SSSR count). The quantitative estimate of drug-likeness (QED) is 0.868. The molecule has 0 aromatic rings. The predicted octanol–water partition coefficient (Wildman–Crippen LogP) is 2.59. The Balaban J connectivity index is 1.82. The van der Waals surface area contributed by atoms with Crippen molar-refractivity contribution in [1.82, 2.24) is 5.32 Å². The maximum absolute atomic E-state index is 12.5. The summed E-state index contributed by atoms with van der Waals surface area (Å²) < 4.78 is -0.0372. The molecule has 1 spiro atoms. The second-order valence-electron chi connectivity index (χ2n) is 5.91. The van der Waals surface area contributed by atoms with E-state index in [1.165, 1.54) is 5.71 Å². The van der Waals surface area contributed by atoms with E-state index in [1.54, 1.807) is 0 Å². The first kappa shape index (κ1) is 13.9. The van der Waals surface area contributed by atoms with Crippen molar-refractivity contribution in [2.75, 3.05) is 12.3 Å². The molecule has 0 aromatic heterocycles. The van der Waals surface area contributed by atoms with E-state index in [9.17, 15) is 4.79 Å². The molecule has 1 fully saturated rings. The molecule has 1 N–H and O–H groups in total. The van der Waals surface area contributed by atoms with Gasteiger partial charge in [-0.15, -0.1) is 11.8 Å². The molecule has 1 amide bonds. The average Bonchev–Trinajstić information content (AvgIpc) is 2.84. The summed E-state index contributed by atoms with van der Waals surface area (Å²) in [6.45, 7) is 5.04. The van der Waals surface area contributed by atoms with Gasteiger partial charge in [0.05, 0.1) is 16.4 Å². The molecule has 0 radical (unpaired) electrons. The summed E-state index contributed by atoms with van der Waals surface area (Å²) in [6.07, 6.45) is 10.5. The maximum Gasteiger partial charge on any atom is 0.224 e. The molecule has 4 atom stereocenters. The number of amides is 1. The lowest BCUT2D eigenvalue weighted by Crippen LogP contribution is -2.47. The highest BCUT2D eigenvalue weighted by Crippen LogP contribution is 2.52. The zero-order chi connectivity index (χ0) is 14.2. The van der Waals surface area contributed by atoms with Gasteiger partial charge < -0.3 is 5.32 Å². The lowest BCUT2D eigenvalue weighted by atomic mass is 9.74. The van der Waals surface area contributed by atoms with Crippen LogP contribution >= 0.6 is 11.8 Å². The summed E-state index contributed by atoms with van der Waals surface area (Å²) in [5.74, 6) is 1.66. The topological polar surface area (TPSA) is 41.5 Å². The van der Waals surface area contributed by atoms with Crippen LogP contribution in [0.3, 0.4) is 0 Å². The number of hydrogen-bond donors (Lipinski definition) is 1. The maximum atomic E-state index is 12.5. The van der Waals surface area contributed by atoms with E-state index >= 15 is 0 Å². The number of aliphatic imine (C=N–C) groups is 1. The Morgan fingerprint density at radius 2 is 2.45 bits per heavy atom. The molecule has 3 nitrogen and oxygen atoms in total. The lowest BCUT2D eigenvalue weighted by Gasteiger charge is -2.38. The van der Waals surface area contributed by atoms with Crippen LogP contribution in [0, 0.1) is 11.8 Å². The van der Waals surface area contributed by atoms with Crippen LogP contribution in [-0.4, -0.2) is 34.7 Å². The molecule has 2 aliphatic heterocycles. The van der Waals surface area contributed by atoms with Crippen molar-refractivity contribution in [1.29, 1.82) is 0 Å². The molecule has 0 saturated carbocycles. The molecule has 3 aliphatic rings. The van der Waals surface area contributed by atoms with Crippen molar-refractivity contribution < 1.29 is 4.79 Å². The van der Waals surface area contributed by atoms with Crippen molar-refractivity contribution in [3.63, 3.8) is 0 Å². The Kier molecular flexibility index (Phi) is 3.76. The Bertz CT molecular complexity index is 497. The van der Waals surface area contributed by atoms with Crippen LogP contribution in [0.15, 0.2) is 29.3 Å². The standard InChI is InChI=1S/C16H22N2OS/c1-3-11(2)18-15(19)12-10-20-16-8-5-4-6-14(16)17-9-7-13(12)16/h4-6,8,11-13H,3,7,9-10H2,1-2H3,(H,18,19). The van der Waals surface area contributed by atoms with Crippen LogP contribution in [-0.2, 0) is 4.79 Å². The van der Waals surface area contributed by atoms with Crippen LogP contribution in [0.5, 0.6) is 0 Å². The molecule has 20 heavy (non-hydrogen) atoms. The highest BCUT2D eigenvalue weighted by Gasteiger charge is 2.53. The van der Waals surface area contributed by atoms with Gasteiger partial charge in [-0.05, 0) is 31.8 Å². The van der Waals surface area contributed by atoms with E-state index in [0.717, 1.165) is 25.1 Å². The van der Waals surface area contributed by atoms with Crippen molar-refractivity contribution in [3.8, 4) is 0 Å². The van der Waals surface area contributed by atoms with E-state index in [0.29, 0.717) is 5.92 Å². The molecule has 0 bridgehead atoms. The van der Waals surface area contributed by atoms with Gasteiger partial charge in [-0.3, -0.25) is 9.79 Å². The zero-order valence-corrected chi connectivity index (χ0v) is 13.0. The highest BCUT2D eigenvalue weighted by atomic mass is 32.2. The zero-order valence-electron chi connectivity index (χ0n) is 12.1. The van der Waals surface area contributed by atoms with Crippen LogP contribution in [0.2, 0.25) is 0 Å². The summed E-state index contributed by atoms with van der Waals surface area (Å²) in [5, 5.41) is 3.16. The number of carbonyl (C=O) groups is 1. The van der Waals surface area contributed by atoms with Gasteiger partial charge in [0.1, 0.15) is 0 Å². The minimum atomic E-state index is -0.0372. The first-order chi connectivity index (χ1) is 9.67. The highest BCUT2D eigenvalue weighted by molar-refractivity contribution is 8.02. The molecular formula is C16H22N2OS. The average molecular weight is 290 g/mol. The number of nitrogens with one attached hydrogen (secondary N) is 1. The second kappa shape index (κ2) is 5.40. The lowest BCUT2D eigenvalue weighted by molar-refractivity contribution is -0.126. The SMILES string of the molecule is CCC(C)NC(=O)C1CSC23C=CC=CC2=NCCC13. The van der Waals surface area contributed by atoms with Gasteiger partial charge in [0.15, 0.2) is 0 Å². The van der Waals surface area contributed by atoms with Crippen molar-refractivity contribution in [2.45, 2.75) is 37.5 Å². The smallest absolute Gasteiger partial charge is 0.224 e. The van der Waals surface area contributed by atoms with Crippen LogP contribution < -0.4 is 5.32 Å². The minimum absolute atomic E-state index is 0.0372. The predicted molar refractivity (Wildman–Crippen MR) is 85.3 cm³/mol. The summed E-state index contributed by atoms with van der Waals surface area (Å²) in [6, 6.07) is 0.266. The van der Waals surface area contributed by atoms with Gasteiger partial charge >= 0.3 is 0 Å². The molecule has 1 aliphatic carbocycles.